The highest BCUT2D eigenvalue weighted by atomic mass is 16.4. The first kappa shape index (κ1) is 13.4. The Morgan fingerprint density at radius 3 is 2.67 bits per heavy atom. The molecule has 0 saturated heterocycles. The van der Waals surface area contributed by atoms with Crippen LogP contribution in [0.1, 0.15) is 17.3 Å². The molecule has 0 amide bonds. The second kappa shape index (κ2) is 5.80. The highest BCUT2D eigenvalue weighted by Gasteiger charge is 2.03. The van der Waals surface area contributed by atoms with Crippen molar-refractivity contribution in [2.75, 3.05) is 5.32 Å². The van der Waals surface area contributed by atoms with Crippen molar-refractivity contribution in [3.8, 4) is 5.82 Å². The highest BCUT2D eigenvalue weighted by molar-refractivity contribution is 5.44. The number of hydrogen-bond acceptors (Lipinski definition) is 5. The molecule has 3 rings (SSSR count). The normalized spacial score (nSPS) is 10.8. The highest BCUT2D eigenvalue weighted by Crippen LogP contribution is 2.14. The summed E-state index contributed by atoms with van der Waals surface area (Å²) in [5.74, 6) is 3.07. The third kappa shape index (κ3) is 2.95. The van der Waals surface area contributed by atoms with Gasteiger partial charge in [0.25, 0.3) is 0 Å². The predicted molar refractivity (Wildman–Crippen MR) is 78.1 cm³/mol. The molecule has 0 unspecified atom stereocenters. The molecule has 0 spiro atoms. The minimum Gasteiger partial charge on any atom is -0.462 e. The number of rotatable bonds is 5. The maximum atomic E-state index is 8.95. The number of imidazole rings is 1. The summed E-state index contributed by atoms with van der Waals surface area (Å²) in [6.45, 7) is 2.40. The summed E-state index contributed by atoms with van der Waals surface area (Å²) in [4.78, 5) is 8.58. The number of anilines is 1. The molecule has 0 saturated carbocycles. The van der Waals surface area contributed by atoms with E-state index in [0.29, 0.717) is 12.3 Å². The van der Waals surface area contributed by atoms with Crippen LogP contribution in [-0.4, -0.2) is 19.6 Å². The molecule has 0 atom stereocenters. The molecule has 0 aliphatic carbocycles. The van der Waals surface area contributed by atoms with Gasteiger partial charge >= 0.3 is 0 Å². The van der Waals surface area contributed by atoms with Crippen LogP contribution < -0.4 is 5.32 Å². The quantitative estimate of drug-likeness (QED) is 0.751. The van der Waals surface area contributed by atoms with Gasteiger partial charge in [-0.05, 0) is 31.2 Å². The van der Waals surface area contributed by atoms with Crippen LogP contribution in [0.2, 0.25) is 0 Å². The number of pyridine rings is 1. The van der Waals surface area contributed by atoms with E-state index in [2.05, 4.69) is 15.3 Å². The molecule has 0 aliphatic rings. The van der Waals surface area contributed by atoms with Crippen molar-refractivity contribution in [1.82, 2.24) is 14.5 Å². The molecule has 6 nitrogen and oxygen atoms in total. The zero-order valence-electron chi connectivity index (χ0n) is 11.7. The molecule has 21 heavy (non-hydrogen) atoms. The Hall–Kier alpha value is -2.60. The van der Waals surface area contributed by atoms with Crippen LogP contribution in [0.15, 0.2) is 47.3 Å². The molecule has 0 aliphatic heterocycles. The fourth-order valence-corrected chi connectivity index (χ4v) is 2.04. The summed E-state index contributed by atoms with van der Waals surface area (Å²) in [7, 11) is 0. The second-order valence-electron chi connectivity index (χ2n) is 4.63. The van der Waals surface area contributed by atoms with Crippen molar-refractivity contribution in [1.29, 1.82) is 0 Å². The average Bonchev–Trinajstić information content (AvgIpc) is 3.14. The number of nitrogens with zero attached hydrogens (tertiary/aromatic N) is 3. The Bertz CT molecular complexity index is 715. The van der Waals surface area contributed by atoms with Crippen molar-refractivity contribution in [3.63, 3.8) is 0 Å². The van der Waals surface area contributed by atoms with Gasteiger partial charge in [0.2, 0.25) is 0 Å². The third-order valence-electron chi connectivity index (χ3n) is 3.16. The fourth-order valence-electron chi connectivity index (χ4n) is 2.04. The minimum absolute atomic E-state index is 0.0828. The molecular weight excluding hydrogens is 268 g/mol. The molecule has 0 aromatic carbocycles. The van der Waals surface area contributed by atoms with Crippen LogP contribution in [0.4, 0.5) is 5.69 Å². The standard InChI is InChI=1S/C15H16N4O2/c1-11-16-6-7-19(11)15-5-2-12(8-18-15)17-9-13-3-4-14(10-20)21-13/h2-8,17,20H,9-10H2,1H3. The van der Waals surface area contributed by atoms with E-state index in [9.17, 15) is 0 Å². The first-order valence-corrected chi connectivity index (χ1v) is 6.65. The van der Waals surface area contributed by atoms with E-state index in [1.807, 2.05) is 35.9 Å². The number of aliphatic hydroxyl groups is 1. The molecule has 0 bridgehead atoms. The predicted octanol–water partition coefficient (Wildman–Crippen LogP) is 2.27. The van der Waals surface area contributed by atoms with Crippen LogP contribution in [0.25, 0.3) is 5.82 Å². The number of hydrogen-bond donors (Lipinski definition) is 2. The molecule has 0 radical (unpaired) electrons. The summed E-state index contributed by atoms with van der Waals surface area (Å²) in [5, 5.41) is 12.2. The van der Waals surface area contributed by atoms with Crippen molar-refractivity contribution in [2.45, 2.75) is 20.1 Å². The summed E-state index contributed by atoms with van der Waals surface area (Å²) in [6, 6.07) is 7.49. The Balaban J connectivity index is 1.66. The molecule has 3 heterocycles. The lowest BCUT2D eigenvalue weighted by Crippen LogP contribution is -2.01. The van der Waals surface area contributed by atoms with Crippen LogP contribution in [0, 0.1) is 6.92 Å². The number of nitrogens with one attached hydrogen (secondary N) is 1. The Morgan fingerprint density at radius 2 is 2.05 bits per heavy atom. The second-order valence-corrected chi connectivity index (χ2v) is 4.63. The smallest absolute Gasteiger partial charge is 0.138 e. The fraction of sp³-hybridized carbons (Fsp3) is 0.200. The molecule has 2 N–H and O–H groups in total. The number of aryl methyl sites for hydroxylation is 1. The van der Waals surface area contributed by atoms with Crippen LogP contribution in [0.5, 0.6) is 0 Å². The zero-order chi connectivity index (χ0) is 14.7. The Labute approximate surface area is 122 Å². The maximum Gasteiger partial charge on any atom is 0.138 e. The van der Waals surface area contributed by atoms with E-state index in [0.717, 1.165) is 23.1 Å². The van der Waals surface area contributed by atoms with E-state index < -0.39 is 0 Å². The van der Waals surface area contributed by atoms with Crippen molar-refractivity contribution in [2.24, 2.45) is 0 Å². The zero-order valence-corrected chi connectivity index (χ0v) is 11.7. The molecule has 3 aromatic rings. The van der Waals surface area contributed by atoms with Crippen LogP contribution in [0.3, 0.4) is 0 Å². The van der Waals surface area contributed by atoms with Gasteiger partial charge in [0.1, 0.15) is 29.8 Å². The lowest BCUT2D eigenvalue weighted by molar-refractivity contribution is 0.244. The first-order valence-electron chi connectivity index (χ1n) is 6.65. The largest absolute Gasteiger partial charge is 0.462 e. The Kier molecular flexibility index (Phi) is 3.70. The Morgan fingerprint density at radius 1 is 1.19 bits per heavy atom. The van der Waals surface area contributed by atoms with Gasteiger partial charge in [-0.3, -0.25) is 4.57 Å². The molecule has 6 heteroatoms. The van der Waals surface area contributed by atoms with Gasteiger partial charge in [-0.2, -0.15) is 0 Å². The maximum absolute atomic E-state index is 8.95. The van der Waals surface area contributed by atoms with E-state index in [-0.39, 0.29) is 6.61 Å². The SMILES string of the molecule is Cc1nccn1-c1ccc(NCc2ccc(CO)o2)cn1. The van der Waals surface area contributed by atoms with E-state index in [4.69, 9.17) is 9.52 Å². The van der Waals surface area contributed by atoms with E-state index >= 15 is 0 Å². The summed E-state index contributed by atoms with van der Waals surface area (Å²) >= 11 is 0. The van der Waals surface area contributed by atoms with Crippen molar-refractivity contribution >= 4 is 5.69 Å². The molecule has 108 valence electrons. The van der Waals surface area contributed by atoms with Crippen LogP contribution in [-0.2, 0) is 13.2 Å². The molecule has 3 aromatic heterocycles. The summed E-state index contributed by atoms with van der Waals surface area (Å²) < 4.78 is 7.33. The molecular formula is C15H16N4O2. The lowest BCUT2D eigenvalue weighted by atomic mass is 10.3. The van der Waals surface area contributed by atoms with Crippen molar-refractivity contribution in [3.05, 3.63) is 60.2 Å². The van der Waals surface area contributed by atoms with Gasteiger partial charge in [0.05, 0.1) is 18.4 Å². The van der Waals surface area contributed by atoms with E-state index in [1.165, 1.54) is 0 Å². The van der Waals surface area contributed by atoms with Gasteiger partial charge in [-0.1, -0.05) is 0 Å². The number of furan rings is 1. The van der Waals surface area contributed by atoms with Crippen molar-refractivity contribution < 1.29 is 9.52 Å². The number of aromatic nitrogens is 3. The van der Waals surface area contributed by atoms with Gasteiger partial charge in [-0.15, -0.1) is 0 Å². The first-order chi connectivity index (χ1) is 10.3. The number of aliphatic hydroxyl groups excluding tert-OH is 1. The van der Waals surface area contributed by atoms with Gasteiger partial charge < -0.3 is 14.8 Å². The molecule has 0 fully saturated rings. The average molecular weight is 284 g/mol. The summed E-state index contributed by atoms with van der Waals surface area (Å²) in [6.07, 6.45) is 5.40. The van der Waals surface area contributed by atoms with E-state index in [1.54, 1.807) is 18.5 Å². The van der Waals surface area contributed by atoms with Crippen LogP contribution >= 0.6 is 0 Å². The van der Waals surface area contributed by atoms with Gasteiger partial charge in [-0.25, -0.2) is 9.97 Å². The summed E-state index contributed by atoms with van der Waals surface area (Å²) in [5.41, 5.74) is 0.901. The van der Waals surface area contributed by atoms with Gasteiger partial charge in [0, 0.05) is 12.4 Å². The van der Waals surface area contributed by atoms with Gasteiger partial charge in [0.15, 0.2) is 0 Å². The monoisotopic (exact) mass is 284 g/mol. The topological polar surface area (TPSA) is 76.1 Å². The third-order valence-corrected chi connectivity index (χ3v) is 3.16. The minimum atomic E-state index is -0.0828. The lowest BCUT2D eigenvalue weighted by Gasteiger charge is -2.07.